The van der Waals surface area contributed by atoms with E-state index >= 15 is 0 Å². The number of hydrogen-bond acceptors (Lipinski definition) is 5. The minimum absolute atomic E-state index is 0.669. The van der Waals surface area contributed by atoms with Gasteiger partial charge in [-0.05, 0) is 49.7 Å². The van der Waals surface area contributed by atoms with Gasteiger partial charge in [-0.15, -0.1) is 0 Å². The molecule has 0 radical (unpaired) electrons. The third-order valence-electron chi connectivity index (χ3n) is 4.28. The highest BCUT2D eigenvalue weighted by molar-refractivity contribution is 5.27. The van der Waals surface area contributed by atoms with Crippen molar-refractivity contribution < 1.29 is 9.26 Å². The van der Waals surface area contributed by atoms with Crippen molar-refractivity contribution >= 4 is 0 Å². The molecule has 1 aromatic heterocycles. The van der Waals surface area contributed by atoms with Crippen LogP contribution in [0.3, 0.4) is 0 Å². The molecule has 2 aromatic carbocycles. The van der Waals surface area contributed by atoms with Crippen LogP contribution in [-0.2, 0) is 19.4 Å². The van der Waals surface area contributed by atoms with Gasteiger partial charge in [0.25, 0.3) is 0 Å². The average Bonchev–Trinajstić information content (AvgIpc) is 3.10. The predicted octanol–water partition coefficient (Wildman–Crippen LogP) is 3.73. The Morgan fingerprint density at radius 1 is 1.00 bits per heavy atom. The van der Waals surface area contributed by atoms with E-state index in [1.165, 1.54) is 11.1 Å². The van der Waals surface area contributed by atoms with E-state index in [1.54, 1.807) is 7.11 Å². The highest BCUT2D eigenvalue weighted by Crippen LogP contribution is 2.13. The Labute approximate surface area is 154 Å². The highest BCUT2D eigenvalue weighted by Gasteiger charge is 2.09. The monoisotopic (exact) mass is 351 g/mol. The second-order valence-corrected chi connectivity index (χ2v) is 6.46. The molecule has 136 valence electrons. The van der Waals surface area contributed by atoms with Gasteiger partial charge >= 0.3 is 0 Å². The molecule has 0 amide bonds. The molecule has 5 heteroatoms. The van der Waals surface area contributed by atoms with E-state index < -0.39 is 0 Å². The molecule has 0 saturated heterocycles. The second-order valence-electron chi connectivity index (χ2n) is 6.46. The maximum Gasteiger partial charge on any atom is 0.240 e. The molecule has 0 aliphatic heterocycles. The van der Waals surface area contributed by atoms with Crippen molar-refractivity contribution in [2.45, 2.75) is 25.8 Å². The molecule has 0 fully saturated rings. The summed E-state index contributed by atoms with van der Waals surface area (Å²) in [6.07, 6.45) is 2.82. The number of benzene rings is 2. The number of methoxy groups -OCH3 is 1. The Balaban J connectivity index is 1.42. The maximum atomic E-state index is 5.38. The molecule has 0 bridgehead atoms. The zero-order chi connectivity index (χ0) is 18.2. The van der Waals surface area contributed by atoms with Crippen LogP contribution in [0.5, 0.6) is 5.75 Å². The van der Waals surface area contributed by atoms with Gasteiger partial charge in [-0.25, -0.2) is 0 Å². The van der Waals surface area contributed by atoms with Gasteiger partial charge in [0.1, 0.15) is 5.75 Å². The van der Waals surface area contributed by atoms with Crippen LogP contribution in [0.1, 0.15) is 29.3 Å². The minimum Gasteiger partial charge on any atom is -0.497 e. The second kappa shape index (κ2) is 9.15. The van der Waals surface area contributed by atoms with E-state index in [-0.39, 0.29) is 0 Å². The molecule has 26 heavy (non-hydrogen) atoms. The molecular formula is C21H25N3O2. The number of hydrogen-bond donors (Lipinski definition) is 0. The van der Waals surface area contributed by atoms with Gasteiger partial charge in [0.05, 0.1) is 13.7 Å². The van der Waals surface area contributed by atoms with Crippen LogP contribution in [0.15, 0.2) is 59.1 Å². The first kappa shape index (κ1) is 18.1. The molecule has 0 spiro atoms. The van der Waals surface area contributed by atoms with Crippen LogP contribution < -0.4 is 4.74 Å². The lowest BCUT2D eigenvalue weighted by molar-refractivity contribution is 0.264. The van der Waals surface area contributed by atoms with E-state index in [9.17, 15) is 0 Å². The zero-order valence-electron chi connectivity index (χ0n) is 15.4. The largest absolute Gasteiger partial charge is 0.497 e. The minimum atomic E-state index is 0.669. The number of nitrogens with zero attached hydrogens (tertiary/aromatic N) is 3. The third-order valence-corrected chi connectivity index (χ3v) is 4.28. The first-order valence-electron chi connectivity index (χ1n) is 8.90. The van der Waals surface area contributed by atoms with Crippen LogP contribution in [-0.4, -0.2) is 35.7 Å². The Morgan fingerprint density at radius 2 is 1.77 bits per heavy atom. The van der Waals surface area contributed by atoms with Crippen LogP contribution >= 0.6 is 0 Å². The van der Waals surface area contributed by atoms with Crippen molar-refractivity contribution in [3.8, 4) is 5.75 Å². The number of ether oxygens (including phenoxy) is 1. The predicted molar refractivity (Wildman–Crippen MR) is 101 cm³/mol. The van der Waals surface area contributed by atoms with E-state index in [0.29, 0.717) is 18.9 Å². The van der Waals surface area contributed by atoms with Gasteiger partial charge in [-0.2, -0.15) is 4.98 Å². The molecule has 0 atom stereocenters. The number of aryl methyl sites for hydroxylation is 1. The zero-order valence-corrected chi connectivity index (χ0v) is 15.4. The van der Waals surface area contributed by atoms with Crippen molar-refractivity contribution in [2.75, 3.05) is 20.7 Å². The molecule has 0 aliphatic rings. The SMILES string of the molecule is COc1ccc(CCCN(C)Cc2nc(Cc3ccccc3)no2)cc1. The fraction of sp³-hybridized carbons (Fsp3) is 0.333. The van der Waals surface area contributed by atoms with Crippen molar-refractivity contribution in [1.82, 2.24) is 15.0 Å². The van der Waals surface area contributed by atoms with Crippen molar-refractivity contribution in [1.29, 1.82) is 0 Å². The summed E-state index contributed by atoms with van der Waals surface area (Å²) < 4.78 is 10.6. The van der Waals surface area contributed by atoms with E-state index in [1.807, 2.05) is 30.3 Å². The highest BCUT2D eigenvalue weighted by atomic mass is 16.5. The van der Waals surface area contributed by atoms with Gasteiger partial charge < -0.3 is 9.26 Å². The number of aromatic nitrogens is 2. The van der Waals surface area contributed by atoms with Crippen molar-refractivity contribution in [3.63, 3.8) is 0 Å². The molecule has 5 nitrogen and oxygen atoms in total. The summed E-state index contributed by atoms with van der Waals surface area (Å²) in [7, 11) is 3.77. The summed E-state index contributed by atoms with van der Waals surface area (Å²) in [5.41, 5.74) is 2.51. The number of rotatable bonds is 9. The molecular weight excluding hydrogens is 326 g/mol. The van der Waals surface area contributed by atoms with Crippen molar-refractivity contribution in [2.24, 2.45) is 0 Å². The standard InChI is InChI=1S/C21H25N3O2/c1-24(14-6-9-17-10-12-19(25-2)13-11-17)16-21-22-20(23-26-21)15-18-7-4-3-5-8-18/h3-5,7-8,10-13H,6,9,14-16H2,1-2H3. The Bertz CT molecular complexity index is 785. The molecule has 3 aromatic rings. The van der Waals surface area contributed by atoms with E-state index in [2.05, 4.69) is 46.4 Å². The molecule has 0 saturated carbocycles. The lowest BCUT2D eigenvalue weighted by Crippen LogP contribution is -2.19. The van der Waals surface area contributed by atoms with Crippen LogP contribution in [0, 0.1) is 0 Å². The first-order valence-corrected chi connectivity index (χ1v) is 8.90. The fourth-order valence-corrected chi connectivity index (χ4v) is 2.86. The molecule has 0 aliphatic carbocycles. The summed E-state index contributed by atoms with van der Waals surface area (Å²) in [5.74, 6) is 2.30. The summed E-state index contributed by atoms with van der Waals surface area (Å²) >= 11 is 0. The van der Waals surface area contributed by atoms with Gasteiger partial charge in [0.2, 0.25) is 5.89 Å². The average molecular weight is 351 g/mol. The van der Waals surface area contributed by atoms with Gasteiger partial charge in [0.15, 0.2) is 5.82 Å². The van der Waals surface area contributed by atoms with E-state index in [4.69, 9.17) is 9.26 Å². The topological polar surface area (TPSA) is 51.4 Å². The van der Waals surface area contributed by atoms with Crippen LogP contribution in [0.2, 0.25) is 0 Å². The summed E-state index contributed by atoms with van der Waals surface area (Å²) in [5, 5.41) is 4.08. The van der Waals surface area contributed by atoms with E-state index in [0.717, 1.165) is 31.0 Å². The summed E-state index contributed by atoms with van der Waals surface area (Å²) in [6.45, 7) is 1.65. The van der Waals surface area contributed by atoms with Crippen molar-refractivity contribution in [3.05, 3.63) is 77.4 Å². The quantitative estimate of drug-likeness (QED) is 0.588. The smallest absolute Gasteiger partial charge is 0.240 e. The fourth-order valence-electron chi connectivity index (χ4n) is 2.86. The Morgan fingerprint density at radius 3 is 2.50 bits per heavy atom. The van der Waals surface area contributed by atoms with Gasteiger partial charge in [0, 0.05) is 6.42 Å². The van der Waals surface area contributed by atoms with Crippen LogP contribution in [0.25, 0.3) is 0 Å². The maximum absolute atomic E-state index is 5.38. The first-order chi connectivity index (χ1) is 12.7. The Hall–Kier alpha value is -2.66. The van der Waals surface area contributed by atoms with Gasteiger partial charge in [-0.1, -0.05) is 47.6 Å². The summed E-state index contributed by atoms with van der Waals surface area (Å²) in [6, 6.07) is 18.4. The van der Waals surface area contributed by atoms with Crippen LogP contribution in [0.4, 0.5) is 0 Å². The van der Waals surface area contributed by atoms with Gasteiger partial charge in [-0.3, -0.25) is 4.90 Å². The normalized spacial score (nSPS) is 11.0. The molecule has 0 N–H and O–H groups in total. The lowest BCUT2D eigenvalue weighted by atomic mass is 10.1. The molecule has 1 heterocycles. The Kier molecular flexibility index (Phi) is 6.39. The summed E-state index contributed by atoms with van der Waals surface area (Å²) in [4.78, 5) is 6.71. The third kappa shape index (κ3) is 5.43. The lowest BCUT2D eigenvalue weighted by Gasteiger charge is -2.13. The molecule has 0 unspecified atom stereocenters. The molecule has 3 rings (SSSR count).